The van der Waals surface area contributed by atoms with E-state index in [1.165, 1.54) is 6.42 Å². The molecule has 29 heavy (non-hydrogen) atoms. The molecule has 4 rings (SSSR count). The number of carbonyl (C=O) groups excluding carboxylic acids is 1. The zero-order valence-electron chi connectivity index (χ0n) is 17.0. The van der Waals surface area contributed by atoms with E-state index in [1.54, 1.807) is 12.4 Å². The predicted octanol–water partition coefficient (Wildman–Crippen LogP) is 3.20. The molecule has 1 amide bonds. The van der Waals surface area contributed by atoms with Crippen molar-refractivity contribution in [3.63, 3.8) is 0 Å². The zero-order valence-corrected chi connectivity index (χ0v) is 17.0. The summed E-state index contributed by atoms with van der Waals surface area (Å²) < 4.78 is 7.35. The van der Waals surface area contributed by atoms with Gasteiger partial charge in [0.15, 0.2) is 0 Å². The van der Waals surface area contributed by atoms with Gasteiger partial charge in [0, 0.05) is 57.5 Å². The van der Waals surface area contributed by atoms with E-state index in [2.05, 4.69) is 15.4 Å². The Morgan fingerprint density at radius 2 is 2.10 bits per heavy atom. The summed E-state index contributed by atoms with van der Waals surface area (Å²) in [6.07, 6.45) is 11.9. The Morgan fingerprint density at radius 1 is 1.21 bits per heavy atom. The van der Waals surface area contributed by atoms with Gasteiger partial charge in [0.05, 0.1) is 5.56 Å². The number of piperidine rings is 1. The first-order valence-electron chi connectivity index (χ1n) is 10.9. The zero-order chi connectivity index (χ0) is 19.9. The number of pyridine rings is 1. The monoisotopic (exact) mass is 397 g/mol. The van der Waals surface area contributed by atoms with Crippen LogP contribution in [0.3, 0.4) is 0 Å². The molecular weight excluding hydrogens is 366 g/mol. The number of ether oxygens (including phenoxy) is 1. The Hall–Kier alpha value is -2.41. The first kappa shape index (κ1) is 19.9. The number of nitrogens with one attached hydrogen (secondary N) is 1. The molecule has 0 aromatic carbocycles. The van der Waals surface area contributed by atoms with Crippen LogP contribution in [-0.2, 0) is 11.3 Å². The van der Waals surface area contributed by atoms with Gasteiger partial charge in [-0.15, -0.1) is 0 Å². The Labute approximate surface area is 172 Å². The minimum Gasteiger partial charge on any atom is -0.381 e. The molecule has 2 saturated heterocycles. The number of anilines is 1. The highest BCUT2D eigenvalue weighted by molar-refractivity contribution is 5.94. The highest BCUT2D eigenvalue weighted by Crippen LogP contribution is 2.23. The molecule has 0 aliphatic carbocycles. The fourth-order valence-electron chi connectivity index (χ4n) is 4.27. The Balaban J connectivity index is 1.32. The van der Waals surface area contributed by atoms with Crippen molar-refractivity contribution in [2.45, 2.75) is 51.1 Å². The SMILES string of the molecule is O=C(c1ccc(NCC2CCOCC2)nc1)N1CCCC[C@H]1CCn1cccn1. The third kappa shape index (κ3) is 5.35. The summed E-state index contributed by atoms with van der Waals surface area (Å²) >= 11 is 0. The average molecular weight is 398 g/mol. The van der Waals surface area contributed by atoms with Gasteiger partial charge in [-0.3, -0.25) is 9.48 Å². The van der Waals surface area contributed by atoms with Crippen molar-refractivity contribution in [2.24, 2.45) is 5.92 Å². The number of aryl methyl sites for hydroxylation is 1. The maximum absolute atomic E-state index is 13.1. The molecule has 2 fully saturated rings. The van der Waals surface area contributed by atoms with Crippen LogP contribution in [0.2, 0.25) is 0 Å². The van der Waals surface area contributed by atoms with Crippen molar-refractivity contribution < 1.29 is 9.53 Å². The van der Waals surface area contributed by atoms with E-state index in [9.17, 15) is 4.79 Å². The quantitative estimate of drug-likeness (QED) is 0.777. The lowest BCUT2D eigenvalue weighted by Crippen LogP contribution is -2.44. The Morgan fingerprint density at radius 3 is 2.86 bits per heavy atom. The summed E-state index contributed by atoms with van der Waals surface area (Å²) in [5.41, 5.74) is 0.674. The lowest BCUT2D eigenvalue weighted by atomic mass is 9.98. The topological polar surface area (TPSA) is 72.3 Å². The Kier molecular flexibility index (Phi) is 6.77. The molecule has 7 nitrogen and oxygen atoms in total. The molecule has 2 aromatic rings. The largest absolute Gasteiger partial charge is 0.381 e. The fourth-order valence-corrected chi connectivity index (χ4v) is 4.27. The molecule has 7 heteroatoms. The minimum absolute atomic E-state index is 0.0960. The molecule has 0 bridgehead atoms. The van der Waals surface area contributed by atoms with E-state index in [0.717, 1.165) is 70.8 Å². The maximum Gasteiger partial charge on any atom is 0.255 e. The van der Waals surface area contributed by atoms with Gasteiger partial charge < -0.3 is 15.0 Å². The summed E-state index contributed by atoms with van der Waals surface area (Å²) in [5.74, 6) is 1.57. The van der Waals surface area contributed by atoms with Gasteiger partial charge in [-0.05, 0) is 62.6 Å². The number of carbonyl (C=O) groups is 1. The third-order valence-electron chi connectivity index (χ3n) is 6.06. The molecule has 4 heterocycles. The molecule has 1 atom stereocenters. The van der Waals surface area contributed by atoms with Gasteiger partial charge in [-0.25, -0.2) is 4.98 Å². The predicted molar refractivity (Wildman–Crippen MR) is 112 cm³/mol. The summed E-state index contributed by atoms with van der Waals surface area (Å²) in [6.45, 7) is 4.28. The van der Waals surface area contributed by atoms with Gasteiger partial charge in [0.2, 0.25) is 0 Å². The van der Waals surface area contributed by atoms with Crippen LogP contribution in [0.5, 0.6) is 0 Å². The molecule has 2 aliphatic rings. The second-order valence-corrected chi connectivity index (χ2v) is 8.07. The molecular formula is C22H31N5O2. The van der Waals surface area contributed by atoms with Crippen LogP contribution in [0.15, 0.2) is 36.8 Å². The van der Waals surface area contributed by atoms with Gasteiger partial charge >= 0.3 is 0 Å². The van der Waals surface area contributed by atoms with Gasteiger partial charge in [-0.2, -0.15) is 5.10 Å². The normalized spacial score (nSPS) is 20.6. The molecule has 0 saturated carbocycles. The fraction of sp³-hybridized carbons (Fsp3) is 0.591. The van der Waals surface area contributed by atoms with Crippen molar-refractivity contribution >= 4 is 11.7 Å². The van der Waals surface area contributed by atoms with Crippen molar-refractivity contribution in [1.82, 2.24) is 19.7 Å². The summed E-state index contributed by atoms with van der Waals surface area (Å²) in [5, 5.41) is 7.68. The van der Waals surface area contributed by atoms with Crippen LogP contribution in [0.4, 0.5) is 5.82 Å². The number of amides is 1. The van der Waals surface area contributed by atoms with E-state index < -0.39 is 0 Å². The van der Waals surface area contributed by atoms with Crippen molar-refractivity contribution in [3.8, 4) is 0 Å². The van der Waals surface area contributed by atoms with Gasteiger partial charge in [-0.1, -0.05) is 0 Å². The van der Waals surface area contributed by atoms with E-state index in [4.69, 9.17) is 4.74 Å². The lowest BCUT2D eigenvalue weighted by Gasteiger charge is -2.36. The molecule has 156 valence electrons. The van der Waals surface area contributed by atoms with Crippen molar-refractivity contribution in [2.75, 3.05) is 31.6 Å². The van der Waals surface area contributed by atoms with Crippen LogP contribution in [0.25, 0.3) is 0 Å². The lowest BCUT2D eigenvalue weighted by molar-refractivity contribution is 0.0593. The van der Waals surface area contributed by atoms with Crippen LogP contribution in [-0.4, -0.2) is 57.9 Å². The summed E-state index contributed by atoms with van der Waals surface area (Å²) in [7, 11) is 0. The second kappa shape index (κ2) is 9.87. The van der Waals surface area contributed by atoms with E-state index >= 15 is 0 Å². The van der Waals surface area contributed by atoms with Gasteiger partial charge in [0.1, 0.15) is 5.82 Å². The standard InChI is InChI=1S/C22H31N5O2/c28-22(27-12-2-1-4-20(27)7-13-26-11-3-10-25-26)19-5-6-21(24-17-19)23-16-18-8-14-29-15-9-18/h3,5-6,10-11,17-18,20H,1-2,4,7-9,12-16H2,(H,23,24)/t20-/m0/s1. The number of hydrogen-bond acceptors (Lipinski definition) is 5. The third-order valence-corrected chi connectivity index (χ3v) is 6.06. The molecule has 2 aliphatic heterocycles. The highest BCUT2D eigenvalue weighted by Gasteiger charge is 2.27. The Bertz CT molecular complexity index is 756. The molecule has 2 aromatic heterocycles. The average Bonchev–Trinajstić information content (AvgIpc) is 3.31. The van der Waals surface area contributed by atoms with E-state index in [0.29, 0.717) is 11.5 Å². The molecule has 0 radical (unpaired) electrons. The van der Waals surface area contributed by atoms with Crippen LogP contribution >= 0.6 is 0 Å². The maximum atomic E-state index is 13.1. The van der Waals surface area contributed by atoms with Crippen molar-refractivity contribution in [3.05, 3.63) is 42.4 Å². The molecule has 1 N–H and O–H groups in total. The minimum atomic E-state index is 0.0960. The first-order valence-corrected chi connectivity index (χ1v) is 10.9. The second-order valence-electron chi connectivity index (χ2n) is 8.07. The summed E-state index contributed by atoms with van der Waals surface area (Å²) in [6, 6.07) is 6.04. The van der Waals surface area contributed by atoms with Gasteiger partial charge in [0.25, 0.3) is 5.91 Å². The number of likely N-dealkylation sites (tertiary alicyclic amines) is 1. The summed E-state index contributed by atoms with van der Waals surface area (Å²) in [4.78, 5) is 19.6. The number of rotatable bonds is 7. The van der Waals surface area contributed by atoms with E-state index in [1.807, 2.05) is 34.0 Å². The van der Waals surface area contributed by atoms with Crippen LogP contribution in [0, 0.1) is 5.92 Å². The smallest absolute Gasteiger partial charge is 0.255 e. The number of aromatic nitrogens is 3. The number of nitrogens with zero attached hydrogens (tertiary/aromatic N) is 4. The van der Waals surface area contributed by atoms with E-state index in [-0.39, 0.29) is 11.9 Å². The van der Waals surface area contributed by atoms with Crippen LogP contribution in [0.1, 0.15) is 48.9 Å². The highest BCUT2D eigenvalue weighted by atomic mass is 16.5. The van der Waals surface area contributed by atoms with Crippen LogP contribution < -0.4 is 5.32 Å². The van der Waals surface area contributed by atoms with Crippen molar-refractivity contribution in [1.29, 1.82) is 0 Å². The number of hydrogen-bond donors (Lipinski definition) is 1. The molecule has 0 unspecified atom stereocenters. The molecule has 0 spiro atoms. The first-order chi connectivity index (χ1) is 14.3.